The van der Waals surface area contributed by atoms with Crippen LogP contribution in [0, 0.1) is 17.8 Å². The first kappa shape index (κ1) is 13.5. The Hall–Kier alpha value is -1.91. The maximum Gasteiger partial charge on any atom is 0.307 e. The third kappa shape index (κ3) is 2.75. The minimum absolute atomic E-state index is 0.157. The van der Waals surface area contributed by atoms with Crippen LogP contribution in [0.1, 0.15) is 19.8 Å². The Morgan fingerprint density at radius 1 is 1.32 bits per heavy atom. The summed E-state index contributed by atoms with van der Waals surface area (Å²) in [4.78, 5) is 29.2. The van der Waals surface area contributed by atoms with Crippen molar-refractivity contribution in [1.82, 2.24) is 4.98 Å². The molecule has 0 radical (unpaired) electrons. The van der Waals surface area contributed by atoms with Gasteiger partial charge < -0.3 is 5.11 Å². The van der Waals surface area contributed by atoms with Crippen molar-refractivity contribution >= 4 is 17.7 Å². The number of hydrogen-bond donors (Lipinski definition) is 1. The van der Waals surface area contributed by atoms with Gasteiger partial charge in [-0.05, 0) is 30.9 Å². The van der Waals surface area contributed by atoms with E-state index in [-0.39, 0.29) is 11.8 Å². The molecular formula is C14H18N2O3. The monoisotopic (exact) mass is 262 g/mol. The van der Waals surface area contributed by atoms with Crippen molar-refractivity contribution in [3.05, 3.63) is 24.4 Å². The van der Waals surface area contributed by atoms with Gasteiger partial charge in [0.25, 0.3) is 0 Å². The predicted molar refractivity (Wildman–Crippen MR) is 70.7 cm³/mol. The van der Waals surface area contributed by atoms with Crippen LogP contribution in [0.3, 0.4) is 0 Å². The molecular weight excluding hydrogens is 244 g/mol. The zero-order chi connectivity index (χ0) is 14.0. The third-order valence-corrected chi connectivity index (χ3v) is 3.76. The molecule has 1 aliphatic rings. The van der Waals surface area contributed by atoms with Crippen LogP contribution in [-0.4, -0.2) is 29.0 Å². The van der Waals surface area contributed by atoms with Gasteiger partial charge in [0.1, 0.15) is 5.82 Å². The lowest BCUT2D eigenvalue weighted by Crippen LogP contribution is -2.37. The van der Waals surface area contributed by atoms with Crippen molar-refractivity contribution in [2.75, 3.05) is 11.9 Å². The van der Waals surface area contributed by atoms with Crippen LogP contribution in [0.4, 0.5) is 5.82 Å². The highest BCUT2D eigenvalue weighted by Crippen LogP contribution is 2.37. The van der Waals surface area contributed by atoms with E-state index in [1.54, 1.807) is 31.4 Å². The van der Waals surface area contributed by atoms with E-state index in [9.17, 15) is 14.7 Å². The van der Waals surface area contributed by atoms with Crippen LogP contribution in [0.15, 0.2) is 24.4 Å². The van der Waals surface area contributed by atoms with Crippen molar-refractivity contribution in [1.29, 1.82) is 0 Å². The maximum atomic E-state index is 12.4. The van der Waals surface area contributed by atoms with E-state index in [4.69, 9.17) is 0 Å². The highest BCUT2D eigenvalue weighted by Gasteiger charge is 2.42. The molecule has 0 saturated heterocycles. The van der Waals surface area contributed by atoms with Gasteiger partial charge in [-0.15, -0.1) is 0 Å². The smallest absolute Gasteiger partial charge is 0.307 e. The van der Waals surface area contributed by atoms with Crippen molar-refractivity contribution in [3.8, 4) is 0 Å². The predicted octanol–water partition coefficient (Wildman–Crippen LogP) is 1.79. The number of hydrogen-bond acceptors (Lipinski definition) is 3. The van der Waals surface area contributed by atoms with Crippen molar-refractivity contribution in [2.45, 2.75) is 19.8 Å². The van der Waals surface area contributed by atoms with Crippen LogP contribution in [0.2, 0.25) is 0 Å². The van der Waals surface area contributed by atoms with Gasteiger partial charge >= 0.3 is 5.97 Å². The van der Waals surface area contributed by atoms with Crippen LogP contribution < -0.4 is 4.90 Å². The van der Waals surface area contributed by atoms with E-state index in [2.05, 4.69) is 4.98 Å². The Labute approximate surface area is 112 Å². The molecule has 5 nitrogen and oxygen atoms in total. The molecule has 0 aromatic carbocycles. The Balaban J connectivity index is 2.17. The fourth-order valence-corrected chi connectivity index (χ4v) is 2.75. The Morgan fingerprint density at radius 2 is 2.00 bits per heavy atom. The Kier molecular flexibility index (Phi) is 3.83. The van der Waals surface area contributed by atoms with Gasteiger partial charge in [-0.3, -0.25) is 14.5 Å². The summed E-state index contributed by atoms with van der Waals surface area (Å²) in [7, 11) is 1.65. The number of anilines is 1. The molecule has 0 spiro atoms. The van der Waals surface area contributed by atoms with Gasteiger partial charge in [0, 0.05) is 13.2 Å². The van der Waals surface area contributed by atoms with E-state index < -0.39 is 17.8 Å². The molecule has 1 N–H and O–H groups in total. The highest BCUT2D eigenvalue weighted by atomic mass is 16.4. The minimum Gasteiger partial charge on any atom is -0.481 e. The number of nitrogens with zero attached hydrogens (tertiary/aromatic N) is 2. The maximum absolute atomic E-state index is 12.4. The molecule has 1 amide bonds. The number of aliphatic carboxylic acids is 1. The molecule has 19 heavy (non-hydrogen) atoms. The van der Waals surface area contributed by atoms with Gasteiger partial charge in [-0.25, -0.2) is 4.98 Å². The number of carboxylic acid groups (broad SMARTS) is 1. The second-order valence-electron chi connectivity index (χ2n) is 5.21. The second kappa shape index (κ2) is 5.38. The molecule has 0 bridgehead atoms. The van der Waals surface area contributed by atoms with E-state index in [0.717, 1.165) is 0 Å². The van der Waals surface area contributed by atoms with Crippen LogP contribution >= 0.6 is 0 Å². The lowest BCUT2D eigenvalue weighted by atomic mass is 9.95. The number of amides is 1. The van der Waals surface area contributed by atoms with Gasteiger partial charge in [0.05, 0.1) is 11.8 Å². The summed E-state index contributed by atoms with van der Waals surface area (Å²) >= 11 is 0. The largest absolute Gasteiger partial charge is 0.481 e. The van der Waals surface area contributed by atoms with Crippen molar-refractivity contribution in [3.63, 3.8) is 0 Å². The van der Waals surface area contributed by atoms with Gasteiger partial charge in [-0.1, -0.05) is 13.0 Å². The van der Waals surface area contributed by atoms with Crippen molar-refractivity contribution < 1.29 is 14.7 Å². The zero-order valence-corrected chi connectivity index (χ0v) is 11.1. The molecule has 0 aliphatic heterocycles. The summed E-state index contributed by atoms with van der Waals surface area (Å²) in [5.41, 5.74) is 0. The fraction of sp³-hybridized carbons (Fsp3) is 0.500. The number of rotatable bonds is 3. The summed E-state index contributed by atoms with van der Waals surface area (Å²) in [6, 6.07) is 5.32. The molecule has 2 rings (SSSR count). The first-order valence-corrected chi connectivity index (χ1v) is 6.42. The lowest BCUT2D eigenvalue weighted by molar-refractivity contribution is -0.145. The van der Waals surface area contributed by atoms with E-state index in [1.165, 1.54) is 4.90 Å². The number of aromatic nitrogens is 1. The molecule has 3 unspecified atom stereocenters. The summed E-state index contributed by atoms with van der Waals surface area (Å²) in [5, 5.41) is 9.22. The molecule has 3 atom stereocenters. The molecule has 1 aliphatic carbocycles. The molecule has 1 aromatic heterocycles. The first-order valence-electron chi connectivity index (χ1n) is 6.42. The van der Waals surface area contributed by atoms with Crippen molar-refractivity contribution in [2.24, 2.45) is 17.8 Å². The molecule has 5 heteroatoms. The van der Waals surface area contributed by atoms with Gasteiger partial charge in [-0.2, -0.15) is 0 Å². The van der Waals surface area contributed by atoms with Crippen LogP contribution in [0.25, 0.3) is 0 Å². The average molecular weight is 262 g/mol. The summed E-state index contributed by atoms with van der Waals surface area (Å²) in [5.74, 6) is -1.23. The van der Waals surface area contributed by atoms with E-state index >= 15 is 0 Å². The van der Waals surface area contributed by atoms with Gasteiger partial charge in [0.15, 0.2) is 0 Å². The Bertz CT molecular complexity index is 475. The number of carbonyl (C=O) groups excluding carboxylic acids is 1. The van der Waals surface area contributed by atoms with Gasteiger partial charge in [0.2, 0.25) is 5.91 Å². The topological polar surface area (TPSA) is 70.5 Å². The lowest BCUT2D eigenvalue weighted by Gasteiger charge is -2.22. The molecule has 1 heterocycles. The standard InChI is InChI=1S/C14H18N2O3/c1-9-7-10(11(8-9)14(18)19)13(17)16(2)12-5-3-4-6-15-12/h3-6,9-11H,7-8H2,1-2H3,(H,18,19). The first-order chi connectivity index (χ1) is 9.00. The number of carboxylic acids is 1. The normalized spacial score (nSPS) is 26.1. The zero-order valence-electron chi connectivity index (χ0n) is 11.1. The summed E-state index contributed by atoms with van der Waals surface area (Å²) in [6.07, 6.45) is 2.82. The molecule has 102 valence electrons. The number of carbonyl (C=O) groups is 2. The highest BCUT2D eigenvalue weighted by molar-refractivity contribution is 5.96. The molecule has 1 saturated carbocycles. The van der Waals surface area contributed by atoms with Crippen LogP contribution in [-0.2, 0) is 9.59 Å². The molecule has 1 aromatic rings. The van der Waals surface area contributed by atoms with Crippen LogP contribution in [0.5, 0.6) is 0 Å². The van der Waals surface area contributed by atoms with E-state index in [1.807, 2.05) is 6.92 Å². The molecule has 1 fully saturated rings. The average Bonchev–Trinajstić information content (AvgIpc) is 2.80. The minimum atomic E-state index is -0.878. The summed E-state index contributed by atoms with van der Waals surface area (Å²) in [6.45, 7) is 1.99. The Morgan fingerprint density at radius 3 is 2.58 bits per heavy atom. The van der Waals surface area contributed by atoms with E-state index in [0.29, 0.717) is 18.7 Å². The quantitative estimate of drug-likeness (QED) is 0.901. The fourth-order valence-electron chi connectivity index (χ4n) is 2.75. The number of pyridine rings is 1. The SMILES string of the molecule is CC1CC(C(=O)O)C(C(=O)N(C)c2ccccn2)C1. The summed E-state index contributed by atoms with van der Waals surface area (Å²) < 4.78 is 0. The second-order valence-corrected chi connectivity index (χ2v) is 5.21. The third-order valence-electron chi connectivity index (χ3n) is 3.76.